The van der Waals surface area contributed by atoms with E-state index in [-0.39, 0.29) is 13.0 Å². The van der Waals surface area contributed by atoms with Gasteiger partial charge in [0.2, 0.25) is 5.66 Å². The number of alkyl carbamates (subject to hydrolysis) is 2. The fourth-order valence-electron chi connectivity index (χ4n) is 1.88. The van der Waals surface area contributed by atoms with Crippen molar-refractivity contribution in [2.75, 3.05) is 0 Å². The largest absolute Gasteiger partial charge is 0.478 e. The van der Waals surface area contributed by atoms with Gasteiger partial charge in [0.05, 0.1) is 0 Å². The summed E-state index contributed by atoms with van der Waals surface area (Å²) in [7, 11) is 0. The van der Waals surface area contributed by atoms with Gasteiger partial charge in [-0.3, -0.25) is 10.6 Å². The van der Waals surface area contributed by atoms with Crippen molar-refractivity contribution in [3.63, 3.8) is 0 Å². The van der Waals surface area contributed by atoms with Crippen molar-refractivity contribution in [2.45, 2.75) is 52.0 Å². The summed E-state index contributed by atoms with van der Waals surface area (Å²) in [4.78, 5) is 35.5. The highest BCUT2D eigenvalue weighted by molar-refractivity contribution is 5.87. The van der Waals surface area contributed by atoms with Crippen LogP contribution in [0.5, 0.6) is 0 Å². The average molecular weight is 352 g/mol. The van der Waals surface area contributed by atoms with E-state index >= 15 is 0 Å². The van der Waals surface area contributed by atoms with Crippen LogP contribution in [0.15, 0.2) is 30.3 Å². The van der Waals surface area contributed by atoms with Gasteiger partial charge in [0.25, 0.3) is 0 Å². The van der Waals surface area contributed by atoms with Crippen LogP contribution in [0.4, 0.5) is 9.59 Å². The Balaban J connectivity index is 2.75. The van der Waals surface area contributed by atoms with Gasteiger partial charge in [-0.2, -0.15) is 0 Å². The normalized spacial score (nSPS) is 13.3. The lowest BCUT2D eigenvalue weighted by atomic mass is 10.1. The number of carbonyl (C=O) groups is 3. The van der Waals surface area contributed by atoms with Gasteiger partial charge < -0.3 is 14.6 Å². The molecule has 0 aliphatic heterocycles. The molecule has 2 amide bonds. The maximum atomic E-state index is 12.0. The minimum atomic E-state index is -2.03. The summed E-state index contributed by atoms with van der Waals surface area (Å²) in [5, 5.41) is 13.9. The molecule has 0 spiro atoms. The second-order valence-corrected chi connectivity index (χ2v) is 6.38. The molecule has 1 unspecified atom stereocenters. The molecule has 138 valence electrons. The maximum Gasteiger partial charge on any atom is 0.409 e. The summed E-state index contributed by atoms with van der Waals surface area (Å²) < 4.78 is 10.1. The van der Waals surface area contributed by atoms with Gasteiger partial charge in [-0.05, 0) is 32.8 Å². The van der Waals surface area contributed by atoms with Crippen molar-refractivity contribution >= 4 is 18.2 Å². The number of ether oxygens (including phenoxy) is 2. The van der Waals surface area contributed by atoms with Crippen molar-refractivity contribution in [2.24, 2.45) is 0 Å². The van der Waals surface area contributed by atoms with Crippen molar-refractivity contribution < 1.29 is 29.0 Å². The van der Waals surface area contributed by atoms with E-state index in [2.05, 4.69) is 10.6 Å². The summed E-state index contributed by atoms with van der Waals surface area (Å²) in [6.45, 7) is 6.40. The Morgan fingerprint density at radius 3 is 2.08 bits per heavy atom. The van der Waals surface area contributed by atoms with E-state index in [1.54, 1.807) is 45.0 Å². The van der Waals surface area contributed by atoms with Gasteiger partial charge in [-0.25, -0.2) is 14.4 Å². The Morgan fingerprint density at radius 1 is 1.04 bits per heavy atom. The lowest BCUT2D eigenvalue weighted by molar-refractivity contribution is -0.146. The van der Waals surface area contributed by atoms with Crippen LogP contribution in [-0.2, 0) is 20.9 Å². The molecule has 0 saturated carbocycles. The molecule has 0 aliphatic carbocycles. The van der Waals surface area contributed by atoms with E-state index in [0.29, 0.717) is 0 Å². The number of amides is 2. The van der Waals surface area contributed by atoms with E-state index in [4.69, 9.17) is 9.47 Å². The third-order valence-electron chi connectivity index (χ3n) is 3.14. The Bertz CT molecular complexity index is 611. The highest BCUT2D eigenvalue weighted by Crippen LogP contribution is 2.12. The zero-order chi connectivity index (χ0) is 19.1. The van der Waals surface area contributed by atoms with Crippen LogP contribution < -0.4 is 10.6 Å². The Morgan fingerprint density at radius 2 is 1.60 bits per heavy atom. The number of carboxylic acid groups (broad SMARTS) is 1. The fourth-order valence-corrected chi connectivity index (χ4v) is 1.88. The van der Waals surface area contributed by atoms with Crippen molar-refractivity contribution in [1.29, 1.82) is 0 Å². The van der Waals surface area contributed by atoms with E-state index in [1.807, 2.05) is 6.07 Å². The topological polar surface area (TPSA) is 114 Å². The van der Waals surface area contributed by atoms with Crippen LogP contribution in [0.1, 0.15) is 39.7 Å². The summed E-state index contributed by atoms with van der Waals surface area (Å²) >= 11 is 0. The molecule has 1 aromatic carbocycles. The summed E-state index contributed by atoms with van der Waals surface area (Å²) in [6.07, 6.45) is -2.04. The molecule has 0 fully saturated rings. The molecule has 0 aromatic heterocycles. The van der Waals surface area contributed by atoms with Gasteiger partial charge in [0, 0.05) is 0 Å². The molecule has 8 heteroatoms. The zero-order valence-corrected chi connectivity index (χ0v) is 14.8. The fraction of sp³-hybridized carbons (Fsp3) is 0.471. The van der Waals surface area contributed by atoms with E-state index in [0.717, 1.165) is 5.56 Å². The molecular formula is C17H24N2O6. The van der Waals surface area contributed by atoms with Crippen LogP contribution in [-0.4, -0.2) is 34.5 Å². The molecule has 8 nitrogen and oxygen atoms in total. The van der Waals surface area contributed by atoms with E-state index < -0.39 is 29.4 Å². The minimum Gasteiger partial charge on any atom is -0.478 e. The molecule has 0 aliphatic rings. The average Bonchev–Trinajstić information content (AvgIpc) is 2.51. The number of hydrogen-bond acceptors (Lipinski definition) is 5. The number of aliphatic carboxylic acids is 1. The molecule has 3 N–H and O–H groups in total. The second-order valence-electron chi connectivity index (χ2n) is 6.38. The predicted molar refractivity (Wildman–Crippen MR) is 89.8 cm³/mol. The van der Waals surface area contributed by atoms with Crippen molar-refractivity contribution in [3.05, 3.63) is 35.9 Å². The van der Waals surface area contributed by atoms with Crippen LogP contribution in [0, 0.1) is 0 Å². The lowest BCUT2D eigenvalue weighted by Gasteiger charge is -2.31. The predicted octanol–water partition coefficient (Wildman–Crippen LogP) is 2.63. The molecule has 1 aromatic rings. The highest BCUT2D eigenvalue weighted by Gasteiger charge is 2.41. The number of carboxylic acids is 1. The first-order valence-electron chi connectivity index (χ1n) is 7.81. The zero-order valence-electron chi connectivity index (χ0n) is 14.8. The lowest BCUT2D eigenvalue weighted by Crippen LogP contribution is -2.65. The van der Waals surface area contributed by atoms with Crippen LogP contribution in [0.2, 0.25) is 0 Å². The van der Waals surface area contributed by atoms with Gasteiger partial charge >= 0.3 is 18.2 Å². The van der Waals surface area contributed by atoms with E-state index in [9.17, 15) is 19.5 Å². The summed E-state index contributed by atoms with van der Waals surface area (Å²) in [5.41, 5.74) is -2.10. The minimum absolute atomic E-state index is 0.0292. The molecule has 1 rings (SSSR count). The van der Waals surface area contributed by atoms with Gasteiger partial charge in [0.1, 0.15) is 12.2 Å². The smallest absolute Gasteiger partial charge is 0.409 e. The molecular weight excluding hydrogens is 328 g/mol. The van der Waals surface area contributed by atoms with Crippen molar-refractivity contribution in [3.8, 4) is 0 Å². The SMILES string of the molecule is CCC(NC(=O)OCc1ccccc1)(NC(=O)OC(C)(C)C)C(=O)O. The standard InChI is InChI=1S/C17H24N2O6/c1-5-17(13(20)21,19-15(23)25-16(2,3)4)18-14(22)24-11-12-9-7-6-8-10-12/h6-10H,5,11H2,1-4H3,(H,18,22)(H,19,23)(H,20,21). The Kier molecular flexibility index (Phi) is 6.78. The van der Waals surface area contributed by atoms with Crippen molar-refractivity contribution in [1.82, 2.24) is 10.6 Å². The number of benzene rings is 1. The highest BCUT2D eigenvalue weighted by atomic mass is 16.6. The van der Waals surface area contributed by atoms with Crippen LogP contribution in [0.3, 0.4) is 0 Å². The molecule has 0 heterocycles. The molecule has 0 radical (unpaired) electrons. The molecule has 1 atom stereocenters. The third kappa shape index (κ3) is 6.70. The number of carbonyl (C=O) groups excluding carboxylic acids is 2. The first-order valence-corrected chi connectivity index (χ1v) is 7.81. The van der Waals surface area contributed by atoms with Crippen LogP contribution in [0.25, 0.3) is 0 Å². The third-order valence-corrected chi connectivity index (χ3v) is 3.14. The van der Waals surface area contributed by atoms with Crippen LogP contribution >= 0.6 is 0 Å². The van der Waals surface area contributed by atoms with Gasteiger partial charge in [0.15, 0.2) is 0 Å². The Hall–Kier alpha value is -2.77. The summed E-state index contributed by atoms with van der Waals surface area (Å²) in [6, 6.07) is 8.91. The first kappa shape index (κ1) is 20.3. The first-order chi connectivity index (χ1) is 11.6. The second kappa shape index (κ2) is 8.36. The monoisotopic (exact) mass is 352 g/mol. The molecule has 0 bridgehead atoms. The number of hydrogen-bond donors (Lipinski definition) is 3. The summed E-state index contributed by atoms with van der Waals surface area (Å²) in [5.74, 6) is -1.43. The number of rotatable bonds is 6. The molecule has 0 saturated heterocycles. The van der Waals surface area contributed by atoms with Gasteiger partial charge in [-0.1, -0.05) is 37.3 Å². The Labute approximate surface area is 146 Å². The van der Waals surface area contributed by atoms with Gasteiger partial charge in [-0.15, -0.1) is 0 Å². The number of nitrogens with one attached hydrogen (secondary N) is 2. The van der Waals surface area contributed by atoms with E-state index in [1.165, 1.54) is 6.92 Å². The quantitative estimate of drug-likeness (QED) is 0.678. The molecule has 25 heavy (non-hydrogen) atoms. The maximum absolute atomic E-state index is 12.0.